The van der Waals surface area contributed by atoms with Crippen LogP contribution in [0.5, 0.6) is 0 Å². The van der Waals surface area contributed by atoms with Gasteiger partial charge in [0.1, 0.15) is 6.33 Å². The maximum absolute atomic E-state index is 12.6. The van der Waals surface area contributed by atoms with Gasteiger partial charge in [-0.15, -0.1) is 10.2 Å². The number of amides is 2. The van der Waals surface area contributed by atoms with E-state index in [1.807, 2.05) is 19.2 Å². The minimum absolute atomic E-state index is 0.149. The van der Waals surface area contributed by atoms with Crippen LogP contribution < -0.4 is 15.5 Å². The van der Waals surface area contributed by atoms with Crippen LogP contribution in [0, 0.1) is 0 Å². The highest BCUT2D eigenvalue weighted by molar-refractivity contribution is 7.99. The third-order valence-corrected chi connectivity index (χ3v) is 6.31. The molecule has 1 aromatic heterocycles. The second-order valence-corrected chi connectivity index (χ2v) is 8.63. The SMILES string of the molecule is Cn1cnnc1SCC(=O)Nc1ccc(C(=O)Nc2ccc(N3CCCCC3)cc2)cc1. The first-order valence-electron chi connectivity index (χ1n) is 10.6. The molecule has 2 aromatic carbocycles. The van der Waals surface area contributed by atoms with Crippen LogP contribution >= 0.6 is 11.8 Å². The summed E-state index contributed by atoms with van der Waals surface area (Å²) in [6, 6.07) is 14.8. The van der Waals surface area contributed by atoms with Crippen LogP contribution in [0.15, 0.2) is 60.0 Å². The normalized spacial score (nSPS) is 13.6. The zero-order valence-electron chi connectivity index (χ0n) is 18.0. The number of aromatic nitrogens is 3. The molecule has 1 saturated heterocycles. The van der Waals surface area contributed by atoms with Crippen LogP contribution in [0.1, 0.15) is 29.6 Å². The Morgan fingerprint density at radius 2 is 1.59 bits per heavy atom. The van der Waals surface area contributed by atoms with E-state index in [1.165, 1.54) is 36.7 Å². The predicted octanol–water partition coefficient (Wildman–Crippen LogP) is 3.79. The Bertz CT molecular complexity index is 1060. The Hall–Kier alpha value is -3.33. The molecule has 2 amide bonds. The van der Waals surface area contributed by atoms with E-state index < -0.39 is 0 Å². The lowest BCUT2D eigenvalue weighted by molar-refractivity contribution is -0.113. The van der Waals surface area contributed by atoms with Gasteiger partial charge in [-0.1, -0.05) is 11.8 Å². The van der Waals surface area contributed by atoms with Crippen molar-refractivity contribution in [3.8, 4) is 0 Å². The van der Waals surface area contributed by atoms with Gasteiger partial charge in [0.05, 0.1) is 5.75 Å². The number of nitrogens with zero attached hydrogens (tertiary/aromatic N) is 4. The van der Waals surface area contributed by atoms with E-state index >= 15 is 0 Å². The smallest absolute Gasteiger partial charge is 0.255 e. The summed E-state index contributed by atoms with van der Waals surface area (Å²) in [5.41, 5.74) is 3.11. The summed E-state index contributed by atoms with van der Waals surface area (Å²) in [6.07, 6.45) is 5.35. The molecule has 1 aliphatic rings. The number of nitrogens with one attached hydrogen (secondary N) is 2. The summed E-state index contributed by atoms with van der Waals surface area (Å²) in [4.78, 5) is 27.1. The minimum atomic E-state index is -0.188. The van der Waals surface area contributed by atoms with Gasteiger partial charge >= 0.3 is 0 Å². The third-order valence-electron chi connectivity index (χ3n) is 5.28. The maximum atomic E-state index is 12.6. The Balaban J connectivity index is 1.28. The van der Waals surface area contributed by atoms with Gasteiger partial charge in [0, 0.05) is 42.8 Å². The summed E-state index contributed by atoms with van der Waals surface area (Å²) in [5.74, 6) is -0.113. The first kappa shape index (κ1) is 21.9. The molecule has 0 atom stereocenters. The molecule has 2 heterocycles. The molecule has 32 heavy (non-hydrogen) atoms. The molecule has 9 heteroatoms. The summed E-state index contributed by atoms with van der Waals surface area (Å²) in [5, 5.41) is 14.2. The van der Waals surface area contributed by atoms with Crippen LogP contribution in [0.3, 0.4) is 0 Å². The zero-order chi connectivity index (χ0) is 22.3. The molecule has 0 bridgehead atoms. The summed E-state index contributed by atoms with van der Waals surface area (Å²) >= 11 is 1.31. The van der Waals surface area contributed by atoms with Gasteiger partial charge in [-0.05, 0) is 67.8 Å². The van der Waals surface area contributed by atoms with Gasteiger partial charge < -0.3 is 20.1 Å². The van der Waals surface area contributed by atoms with E-state index in [0.29, 0.717) is 16.4 Å². The molecule has 2 N–H and O–H groups in total. The molecular formula is C23H26N6O2S. The van der Waals surface area contributed by atoms with Gasteiger partial charge in [-0.25, -0.2) is 0 Å². The quantitative estimate of drug-likeness (QED) is 0.532. The van der Waals surface area contributed by atoms with E-state index in [1.54, 1.807) is 35.2 Å². The molecule has 0 saturated carbocycles. The number of anilines is 3. The van der Waals surface area contributed by atoms with E-state index in [4.69, 9.17) is 0 Å². The topological polar surface area (TPSA) is 92.1 Å². The number of benzene rings is 2. The Labute approximate surface area is 191 Å². The van der Waals surface area contributed by atoms with E-state index in [2.05, 4.69) is 37.9 Å². The molecule has 0 radical (unpaired) electrons. The van der Waals surface area contributed by atoms with Gasteiger partial charge in [0.15, 0.2) is 5.16 Å². The van der Waals surface area contributed by atoms with Gasteiger partial charge in [0.2, 0.25) is 5.91 Å². The fourth-order valence-corrected chi connectivity index (χ4v) is 4.23. The van der Waals surface area contributed by atoms with Crippen molar-refractivity contribution >= 4 is 40.6 Å². The van der Waals surface area contributed by atoms with Crippen LogP contribution in [0.4, 0.5) is 17.1 Å². The lowest BCUT2D eigenvalue weighted by atomic mass is 10.1. The Morgan fingerprint density at radius 1 is 0.938 bits per heavy atom. The summed E-state index contributed by atoms with van der Waals surface area (Å²) in [6.45, 7) is 2.18. The Morgan fingerprint density at radius 3 is 2.25 bits per heavy atom. The fourth-order valence-electron chi connectivity index (χ4n) is 3.55. The number of aryl methyl sites for hydroxylation is 1. The highest BCUT2D eigenvalue weighted by Gasteiger charge is 2.12. The first-order chi connectivity index (χ1) is 15.6. The minimum Gasteiger partial charge on any atom is -0.372 e. The predicted molar refractivity (Wildman–Crippen MR) is 127 cm³/mol. The highest BCUT2D eigenvalue weighted by atomic mass is 32.2. The lowest BCUT2D eigenvalue weighted by Gasteiger charge is -2.28. The number of rotatable bonds is 7. The largest absolute Gasteiger partial charge is 0.372 e. The van der Waals surface area contributed by atoms with Crippen molar-refractivity contribution in [2.24, 2.45) is 7.05 Å². The number of hydrogen-bond acceptors (Lipinski definition) is 6. The average molecular weight is 451 g/mol. The standard InChI is InChI=1S/C23H26N6O2S/c1-28-16-24-27-23(28)32-15-21(30)25-18-7-5-17(6-8-18)22(31)26-19-9-11-20(12-10-19)29-13-3-2-4-14-29/h5-12,16H,2-4,13-15H2,1H3,(H,25,30)(H,26,31). The monoisotopic (exact) mass is 450 g/mol. The van der Waals surface area contributed by atoms with Gasteiger partial charge in [0.25, 0.3) is 5.91 Å². The molecule has 3 aromatic rings. The van der Waals surface area contributed by atoms with E-state index in [-0.39, 0.29) is 17.6 Å². The molecule has 1 aliphatic heterocycles. The van der Waals surface area contributed by atoms with Crippen molar-refractivity contribution in [3.63, 3.8) is 0 Å². The number of piperidine rings is 1. The molecule has 1 fully saturated rings. The van der Waals surface area contributed by atoms with Gasteiger partial charge in [-0.3, -0.25) is 9.59 Å². The van der Waals surface area contributed by atoms with Crippen LogP contribution in [0.2, 0.25) is 0 Å². The van der Waals surface area contributed by atoms with Crippen LogP contribution in [-0.4, -0.2) is 45.4 Å². The number of carbonyl (C=O) groups is 2. The molecule has 166 valence electrons. The first-order valence-corrected chi connectivity index (χ1v) is 11.6. The molecule has 0 spiro atoms. The van der Waals surface area contributed by atoms with Gasteiger partial charge in [-0.2, -0.15) is 0 Å². The van der Waals surface area contributed by atoms with Crippen molar-refractivity contribution in [2.45, 2.75) is 24.4 Å². The molecule has 0 aliphatic carbocycles. The van der Waals surface area contributed by atoms with Crippen molar-refractivity contribution in [3.05, 3.63) is 60.4 Å². The highest BCUT2D eigenvalue weighted by Crippen LogP contribution is 2.22. The van der Waals surface area contributed by atoms with Crippen LogP contribution in [-0.2, 0) is 11.8 Å². The second kappa shape index (κ2) is 10.3. The summed E-state index contributed by atoms with van der Waals surface area (Å²) in [7, 11) is 1.83. The van der Waals surface area contributed by atoms with Crippen molar-refractivity contribution in [2.75, 3.05) is 34.4 Å². The second-order valence-electron chi connectivity index (χ2n) is 7.69. The number of thioether (sulfide) groups is 1. The summed E-state index contributed by atoms with van der Waals surface area (Å²) < 4.78 is 1.76. The fraction of sp³-hybridized carbons (Fsp3) is 0.304. The third kappa shape index (κ3) is 5.67. The molecular weight excluding hydrogens is 424 g/mol. The molecule has 0 unspecified atom stereocenters. The average Bonchev–Trinajstić information content (AvgIpc) is 3.24. The van der Waals surface area contributed by atoms with Crippen molar-refractivity contribution < 1.29 is 9.59 Å². The molecule has 8 nitrogen and oxygen atoms in total. The number of hydrogen-bond donors (Lipinski definition) is 2. The van der Waals surface area contributed by atoms with E-state index in [9.17, 15) is 9.59 Å². The van der Waals surface area contributed by atoms with Crippen LogP contribution in [0.25, 0.3) is 0 Å². The number of carbonyl (C=O) groups excluding carboxylic acids is 2. The maximum Gasteiger partial charge on any atom is 0.255 e. The molecule has 4 rings (SSSR count). The van der Waals surface area contributed by atoms with Crippen molar-refractivity contribution in [1.29, 1.82) is 0 Å². The Kier molecular flexibility index (Phi) is 7.06. The van der Waals surface area contributed by atoms with Crippen molar-refractivity contribution in [1.82, 2.24) is 14.8 Å². The van der Waals surface area contributed by atoms with E-state index in [0.717, 1.165) is 18.8 Å². The lowest BCUT2D eigenvalue weighted by Crippen LogP contribution is -2.29. The zero-order valence-corrected chi connectivity index (χ0v) is 18.8.